The Bertz CT molecular complexity index is 1410. The van der Waals surface area contributed by atoms with E-state index in [4.69, 9.17) is 21.1 Å². The highest BCUT2D eigenvalue weighted by molar-refractivity contribution is 6.32. The van der Waals surface area contributed by atoms with Crippen molar-refractivity contribution in [2.75, 3.05) is 56.7 Å². The number of rotatable bonds is 11. The highest BCUT2D eigenvalue weighted by Crippen LogP contribution is 2.33. The molecular formula is C28H34ClN9O3. The highest BCUT2D eigenvalue weighted by atomic mass is 35.5. The molecule has 0 aliphatic carbocycles. The molecule has 1 atom stereocenters. The van der Waals surface area contributed by atoms with Gasteiger partial charge in [-0.2, -0.15) is 0 Å². The van der Waals surface area contributed by atoms with Crippen LogP contribution in [0.1, 0.15) is 13.3 Å². The van der Waals surface area contributed by atoms with Crippen LogP contribution in [0.15, 0.2) is 55.1 Å². The van der Waals surface area contributed by atoms with Crippen molar-refractivity contribution in [2.24, 2.45) is 0 Å². The van der Waals surface area contributed by atoms with Gasteiger partial charge >= 0.3 is 0 Å². The Balaban J connectivity index is 1.24. The molecule has 216 valence electrons. The number of β-amino-alcohol motifs (C(OH)–C–C–N with tert-alkyl or cyclic N) is 1. The molecule has 41 heavy (non-hydrogen) atoms. The third kappa shape index (κ3) is 7.40. The molecule has 0 bridgehead atoms. The van der Waals surface area contributed by atoms with Crippen LogP contribution in [0.4, 0.5) is 17.3 Å². The predicted molar refractivity (Wildman–Crippen MR) is 157 cm³/mol. The Labute approximate surface area is 243 Å². The Morgan fingerprint density at radius 3 is 2.63 bits per heavy atom. The van der Waals surface area contributed by atoms with Crippen molar-refractivity contribution in [3.05, 3.63) is 60.1 Å². The minimum Gasteiger partial charge on any atom is -0.494 e. The van der Waals surface area contributed by atoms with Crippen LogP contribution in [0, 0.1) is 0 Å². The normalized spacial score (nSPS) is 14.9. The van der Waals surface area contributed by atoms with Gasteiger partial charge in [0.25, 0.3) is 0 Å². The van der Waals surface area contributed by atoms with Crippen molar-refractivity contribution in [3.8, 4) is 22.6 Å². The molecule has 0 amide bonds. The standard InChI is InChI=1S/C28H34ClN9O3/c1-20(18-38-19-32-34-35-38)41-26-14-21(4-6-24(26)29)22-16-30-28(31-17-22)33-25-7-5-23(15-27(25)40-2)37-9-3-8-36(10-11-37)12-13-39/h4-7,14-17,19-20,39H,3,8-13,18H2,1-2H3,(H,30,31,33)/t20-/m0/s1. The average Bonchev–Trinajstić information content (AvgIpc) is 3.38. The van der Waals surface area contributed by atoms with E-state index in [-0.39, 0.29) is 12.7 Å². The number of tetrazole rings is 1. The Morgan fingerprint density at radius 2 is 1.88 bits per heavy atom. The molecule has 0 unspecified atom stereocenters. The summed E-state index contributed by atoms with van der Waals surface area (Å²) in [6.07, 6.45) is 5.89. The molecule has 4 aromatic rings. The van der Waals surface area contributed by atoms with Crippen molar-refractivity contribution in [1.29, 1.82) is 0 Å². The second kappa shape index (κ2) is 13.6. The quantitative estimate of drug-likeness (QED) is 0.271. The van der Waals surface area contributed by atoms with Crippen LogP contribution in [-0.2, 0) is 6.54 Å². The maximum atomic E-state index is 9.27. The lowest BCUT2D eigenvalue weighted by atomic mass is 10.1. The number of halogens is 1. The molecule has 1 fully saturated rings. The lowest BCUT2D eigenvalue weighted by Crippen LogP contribution is -2.32. The molecule has 3 heterocycles. The van der Waals surface area contributed by atoms with Gasteiger partial charge in [0.15, 0.2) is 0 Å². The van der Waals surface area contributed by atoms with E-state index in [9.17, 15) is 5.11 Å². The summed E-state index contributed by atoms with van der Waals surface area (Å²) < 4.78 is 13.4. The molecule has 2 aromatic heterocycles. The average molecular weight is 580 g/mol. The Kier molecular flexibility index (Phi) is 9.44. The van der Waals surface area contributed by atoms with Gasteiger partial charge in [0.05, 0.1) is 31.0 Å². The number of nitrogens with zero attached hydrogens (tertiary/aromatic N) is 8. The van der Waals surface area contributed by atoms with Crippen LogP contribution < -0.4 is 19.7 Å². The zero-order valence-corrected chi connectivity index (χ0v) is 23.9. The summed E-state index contributed by atoms with van der Waals surface area (Å²) in [5.41, 5.74) is 3.58. The van der Waals surface area contributed by atoms with Gasteiger partial charge in [-0.25, -0.2) is 14.6 Å². The van der Waals surface area contributed by atoms with Crippen LogP contribution in [0.25, 0.3) is 11.1 Å². The topological polar surface area (TPSA) is 127 Å². The molecule has 2 N–H and O–H groups in total. The van der Waals surface area contributed by atoms with Crippen LogP contribution in [0.5, 0.6) is 11.5 Å². The van der Waals surface area contributed by atoms with E-state index in [0.29, 0.717) is 35.6 Å². The molecular weight excluding hydrogens is 546 g/mol. The van der Waals surface area contributed by atoms with Crippen LogP contribution in [0.3, 0.4) is 0 Å². The van der Waals surface area contributed by atoms with Crippen molar-refractivity contribution < 1.29 is 14.6 Å². The monoisotopic (exact) mass is 579 g/mol. The summed E-state index contributed by atoms with van der Waals surface area (Å²) in [6.45, 7) is 7.09. The number of methoxy groups -OCH3 is 1. The summed E-state index contributed by atoms with van der Waals surface area (Å²) in [4.78, 5) is 13.7. The number of anilines is 3. The van der Waals surface area contributed by atoms with Crippen LogP contribution in [0.2, 0.25) is 5.02 Å². The molecule has 1 saturated heterocycles. The van der Waals surface area contributed by atoms with Gasteiger partial charge in [-0.1, -0.05) is 17.7 Å². The largest absolute Gasteiger partial charge is 0.494 e. The third-order valence-corrected chi connectivity index (χ3v) is 7.19. The van der Waals surface area contributed by atoms with E-state index in [1.54, 1.807) is 36.6 Å². The van der Waals surface area contributed by atoms with Crippen molar-refractivity contribution in [3.63, 3.8) is 0 Å². The van der Waals surface area contributed by atoms with Gasteiger partial charge in [-0.05, 0) is 60.1 Å². The zero-order valence-electron chi connectivity index (χ0n) is 23.1. The first-order chi connectivity index (χ1) is 20.0. The Hall–Kier alpha value is -4.00. The van der Waals surface area contributed by atoms with Gasteiger partial charge in [-0.15, -0.1) is 5.10 Å². The molecule has 5 rings (SSSR count). The lowest BCUT2D eigenvalue weighted by molar-refractivity contribution is 0.193. The smallest absolute Gasteiger partial charge is 0.227 e. The van der Waals surface area contributed by atoms with Crippen molar-refractivity contribution >= 4 is 28.9 Å². The van der Waals surface area contributed by atoms with Gasteiger partial charge in [0.1, 0.15) is 23.9 Å². The van der Waals surface area contributed by atoms with Crippen LogP contribution >= 0.6 is 11.6 Å². The highest BCUT2D eigenvalue weighted by Gasteiger charge is 2.17. The minimum absolute atomic E-state index is 0.190. The maximum absolute atomic E-state index is 9.27. The van der Waals surface area contributed by atoms with Gasteiger partial charge in [-0.3, -0.25) is 4.90 Å². The molecule has 13 heteroatoms. The number of ether oxygens (including phenoxy) is 2. The van der Waals surface area contributed by atoms with Crippen molar-refractivity contribution in [2.45, 2.75) is 26.0 Å². The number of aromatic nitrogens is 6. The fourth-order valence-electron chi connectivity index (χ4n) is 4.79. The fraction of sp³-hybridized carbons (Fsp3) is 0.393. The Morgan fingerprint density at radius 1 is 1.02 bits per heavy atom. The minimum atomic E-state index is -0.198. The summed E-state index contributed by atoms with van der Waals surface area (Å²) in [5.74, 6) is 1.72. The summed E-state index contributed by atoms with van der Waals surface area (Å²) in [7, 11) is 1.66. The first-order valence-corrected chi connectivity index (χ1v) is 13.9. The van der Waals surface area contributed by atoms with E-state index in [1.165, 1.54) is 0 Å². The van der Waals surface area contributed by atoms with E-state index < -0.39 is 0 Å². The van der Waals surface area contributed by atoms with Gasteiger partial charge in [0, 0.05) is 55.9 Å². The molecule has 1 aliphatic rings. The van der Waals surface area contributed by atoms with Crippen LogP contribution in [-0.4, -0.2) is 92.7 Å². The predicted octanol–water partition coefficient (Wildman–Crippen LogP) is 3.51. The number of benzene rings is 2. The second-order valence-electron chi connectivity index (χ2n) is 9.82. The molecule has 1 aliphatic heterocycles. The summed E-state index contributed by atoms with van der Waals surface area (Å²) >= 11 is 6.40. The maximum Gasteiger partial charge on any atom is 0.227 e. The summed E-state index contributed by atoms with van der Waals surface area (Å²) in [5, 5.41) is 24.2. The van der Waals surface area contributed by atoms with Gasteiger partial charge in [0.2, 0.25) is 5.95 Å². The molecule has 12 nitrogen and oxygen atoms in total. The second-order valence-corrected chi connectivity index (χ2v) is 10.2. The van der Waals surface area contributed by atoms with Crippen molar-refractivity contribution in [1.82, 2.24) is 35.1 Å². The molecule has 0 spiro atoms. The number of hydrogen-bond acceptors (Lipinski definition) is 11. The molecule has 0 radical (unpaired) electrons. The molecule has 2 aromatic carbocycles. The molecule has 0 saturated carbocycles. The SMILES string of the molecule is COc1cc(N2CCCN(CCO)CC2)ccc1Nc1ncc(-c2ccc(Cl)c(O[C@@H](C)Cn3cnnn3)c2)cn1. The number of nitrogens with one attached hydrogen (secondary N) is 1. The van der Waals surface area contributed by atoms with E-state index in [2.05, 4.69) is 46.7 Å². The first-order valence-electron chi connectivity index (χ1n) is 13.5. The third-order valence-electron chi connectivity index (χ3n) is 6.88. The number of aliphatic hydroxyl groups excluding tert-OH is 1. The number of hydrogen-bond donors (Lipinski definition) is 2. The summed E-state index contributed by atoms with van der Waals surface area (Å²) in [6, 6.07) is 11.7. The van der Waals surface area contributed by atoms with E-state index in [0.717, 1.165) is 55.1 Å². The van der Waals surface area contributed by atoms with E-state index in [1.807, 2.05) is 31.2 Å². The number of aliphatic hydroxyl groups is 1. The van der Waals surface area contributed by atoms with E-state index >= 15 is 0 Å². The lowest BCUT2D eigenvalue weighted by Gasteiger charge is -2.24. The fourth-order valence-corrected chi connectivity index (χ4v) is 4.95. The first kappa shape index (κ1) is 28.5. The van der Waals surface area contributed by atoms with Gasteiger partial charge < -0.3 is 24.8 Å². The zero-order chi connectivity index (χ0) is 28.6.